The molecule has 3 atom stereocenters. The fourth-order valence-electron chi connectivity index (χ4n) is 2.70. The van der Waals surface area contributed by atoms with E-state index in [4.69, 9.17) is 15.2 Å². The van der Waals surface area contributed by atoms with Gasteiger partial charge < -0.3 is 15.2 Å². The van der Waals surface area contributed by atoms with Gasteiger partial charge in [-0.2, -0.15) is 0 Å². The van der Waals surface area contributed by atoms with Crippen molar-refractivity contribution in [1.29, 1.82) is 0 Å². The normalized spacial score (nSPS) is 26.3. The highest BCUT2D eigenvalue weighted by Gasteiger charge is 2.41. The van der Waals surface area contributed by atoms with Gasteiger partial charge in [-0.05, 0) is 43.0 Å². The van der Waals surface area contributed by atoms with Gasteiger partial charge in [0.2, 0.25) is 0 Å². The van der Waals surface area contributed by atoms with Crippen LogP contribution in [-0.2, 0) is 4.74 Å². The molecular weight excluding hydrogens is 238 g/mol. The molecule has 0 heterocycles. The van der Waals surface area contributed by atoms with Crippen molar-refractivity contribution in [2.75, 3.05) is 6.61 Å². The van der Waals surface area contributed by atoms with Crippen LogP contribution in [0.25, 0.3) is 0 Å². The molecule has 2 rings (SSSR count). The highest BCUT2D eigenvalue weighted by molar-refractivity contribution is 5.36. The van der Waals surface area contributed by atoms with Gasteiger partial charge in [0.1, 0.15) is 18.0 Å². The predicted molar refractivity (Wildman–Crippen MR) is 77.7 cm³/mol. The summed E-state index contributed by atoms with van der Waals surface area (Å²) in [5.74, 6) is 1.46. The van der Waals surface area contributed by atoms with Crippen LogP contribution in [0.4, 0.5) is 0 Å². The number of aryl methyl sites for hydroxylation is 1. The van der Waals surface area contributed by atoms with Gasteiger partial charge in [-0.25, -0.2) is 0 Å². The molecule has 0 aliphatic heterocycles. The highest BCUT2D eigenvalue weighted by Crippen LogP contribution is 2.30. The second kappa shape index (κ2) is 5.93. The summed E-state index contributed by atoms with van der Waals surface area (Å²) in [4.78, 5) is 0. The Morgan fingerprint density at radius 3 is 2.63 bits per heavy atom. The van der Waals surface area contributed by atoms with Crippen molar-refractivity contribution in [3.8, 4) is 5.75 Å². The van der Waals surface area contributed by atoms with Crippen LogP contribution in [0.3, 0.4) is 0 Å². The third-order valence-electron chi connectivity index (χ3n) is 3.80. The first-order valence-electron chi connectivity index (χ1n) is 7.17. The van der Waals surface area contributed by atoms with Crippen LogP contribution in [0.15, 0.2) is 18.2 Å². The SMILES string of the molecule is CCOC1C(N)CC1Oc1ccc(C(C)C)c(C)c1. The molecule has 19 heavy (non-hydrogen) atoms. The van der Waals surface area contributed by atoms with Crippen molar-refractivity contribution in [2.24, 2.45) is 5.73 Å². The molecule has 1 saturated carbocycles. The van der Waals surface area contributed by atoms with E-state index < -0.39 is 0 Å². The van der Waals surface area contributed by atoms with E-state index in [0.29, 0.717) is 12.5 Å². The lowest BCUT2D eigenvalue weighted by molar-refractivity contribution is -0.0945. The molecule has 1 aliphatic carbocycles. The Bertz CT molecular complexity index is 431. The molecule has 0 radical (unpaired) electrons. The van der Waals surface area contributed by atoms with Crippen molar-refractivity contribution < 1.29 is 9.47 Å². The minimum atomic E-state index is 0.0371. The zero-order valence-corrected chi connectivity index (χ0v) is 12.3. The van der Waals surface area contributed by atoms with E-state index in [2.05, 4.69) is 39.0 Å². The van der Waals surface area contributed by atoms with Gasteiger partial charge in [-0.3, -0.25) is 0 Å². The first kappa shape index (κ1) is 14.4. The lowest BCUT2D eigenvalue weighted by Gasteiger charge is -2.41. The molecule has 1 aromatic rings. The molecule has 3 nitrogen and oxygen atoms in total. The van der Waals surface area contributed by atoms with E-state index in [1.807, 2.05) is 6.92 Å². The fraction of sp³-hybridized carbons (Fsp3) is 0.625. The molecule has 0 aromatic heterocycles. The summed E-state index contributed by atoms with van der Waals surface area (Å²) in [6, 6.07) is 6.43. The number of benzene rings is 1. The molecular formula is C16H25NO2. The van der Waals surface area contributed by atoms with Crippen molar-refractivity contribution in [3.63, 3.8) is 0 Å². The van der Waals surface area contributed by atoms with Crippen LogP contribution in [0.1, 0.15) is 44.2 Å². The average Bonchev–Trinajstić information content (AvgIpc) is 2.35. The van der Waals surface area contributed by atoms with E-state index >= 15 is 0 Å². The number of hydrogen-bond donors (Lipinski definition) is 1. The molecule has 0 bridgehead atoms. The third-order valence-corrected chi connectivity index (χ3v) is 3.80. The number of rotatable bonds is 5. The summed E-state index contributed by atoms with van der Waals surface area (Å²) < 4.78 is 11.6. The van der Waals surface area contributed by atoms with Crippen molar-refractivity contribution in [3.05, 3.63) is 29.3 Å². The molecule has 3 unspecified atom stereocenters. The van der Waals surface area contributed by atoms with Crippen LogP contribution in [0.2, 0.25) is 0 Å². The average molecular weight is 263 g/mol. The second-order valence-electron chi connectivity index (χ2n) is 5.65. The minimum absolute atomic E-state index is 0.0371. The van der Waals surface area contributed by atoms with Gasteiger partial charge in [0.05, 0.1) is 0 Å². The maximum atomic E-state index is 6.00. The molecule has 1 aliphatic rings. The van der Waals surface area contributed by atoms with E-state index in [1.54, 1.807) is 0 Å². The summed E-state index contributed by atoms with van der Waals surface area (Å²) in [6.07, 6.45) is 1.00. The lowest BCUT2D eigenvalue weighted by atomic mass is 9.86. The lowest BCUT2D eigenvalue weighted by Crippen LogP contribution is -2.59. The Hall–Kier alpha value is -1.06. The van der Waals surface area contributed by atoms with Gasteiger partial charge in [-0.1, -0.05) is 19.9 Å². The van der Waals surface area contributed by atoms with Crippen LogP contribution in [-0.4, -0.2) is 24.9 Å². The Morgan fingerprint density at radius 1 is 1.37 bits per heavy atom. The predicted octanol–water partition coefficient (Wildman–Crippen LogP) is 3.00. The largest absolute Gasteiger partial charge is 0.488 e. The number of nitrogens with two attached hydrogens (primary N) is 1. The molecule has 0 amide bonds. The molecule has 0 spiro atoms. The minimum Gasteiger partial charge on any atom is -0.488 e. The molecule has 3 heteroatoms. The number of hydrogen-bond acceptors (Lipinski definition) is 3. The van der Waals surface area contributed by atoms with E-state index in [1.165, 1.54) is 11.1 Å². The molecule has 2 N–H and O–H groups in total. The van der Waals surface area contributed by atoms with E-state index in [9.17, 15) is 0 Å². The van der Waals surface area contributed by atoms with Crippen molar-refractivity contribution in [2.45, 2.75) is 58.3 Å². The second-order valence-corrected chi connectivity index (χ2v) is 5.65. The van der Waals surface area contributed by atoms with Crippen LogP contribution in [0, 0.1) is 6.92 Å². The maximum absolute atomic E-state index is 6.00. The van der Waals surface area contributed by atoms with Gasteiger partial charge in [0.15, 0.2) is 0 Å². The van der Waals surface area contributed by atoms with Crippen molar-refractivity contribution >= 4 is 0 Å². The first-order valence-corrected chi connectivity index (χ1v) is 7.17. The Labute approximate surface area is 116 Å². The monoisotopic (exact) mass is 263 g/mol. The molecule has 1 aromatic carbocycles. The van der Waals surface area contributed by atoms with Gasteiger partial charge >= 0.3 is 0 Å². The van der Waals surface area contributed by atoms with E-state index in [0.717, 1.165) is 12.2 Å². The standard InChI is InChI=1S/C16H25NO2/c1-5-18-16-14(17)9-15(16)19-12-6-7-13(10(2)3)11(4)8-12/h6-8,10,14-16H,5,9,17H2,1-4H3. The van der Waals surface area contributed by atoms with Gasteiger partial charge in [0, 0.05) is 19.1 Å². The van der Waals surface area contributed by atoms with Crippen LogP contribution < -0.4 is 10.5 Å². The quantitative estimate of drug-likeness (QED) is 0.888. The maximum Gasteiger partial charge on any atom is 0.128 e. The summed E-state index contributed by atoms with van der Waals surface area (Å²) in [6.45, 7) is 9.22. The van der Waals surface area contributed by atoms with Crippen molar-refractivity contribution in [1.82, 2.24) is 0 Å². The first-order chi connectivity index (χ1) is 9.02. The smallest absolute Gasteiger partial charge is 0.128 e. The van der Waals surface area contributed by atoms with E-state index in [-0.39, 0.29) is 18.2 Å². The molecule has 1 fully saturated rings. The summed E-state index contributed by atoms with van der Waals surface area (Å²) in [5, 5.41) is 0. The summed E-state index contributed by atoms with van der Waals surface area (Å²) in [7, 11) is 0. The molecule has 106 valence electrons. The zero-order chi connectivity index (χ0) is 14.0. The Kier molecular flexibility index (Phi) is 4.48. The topological polar surface area (TPSA) is 44.5 Å². The zero-order valence-electron chi connectivity index (χ0n) is 12.3. The third kappa shape index (κ3) is 3.10. The van der Waals surface area contributed by atoms with Crippen LogP contribution >= 0.6 is 0 Å². The fourth-order valence-corrected chi connectivity index (χ4v) is 2.70. The highest BCUT2D eigenvalue weighted by atomic mass is 16.5. The Balaban J connectivity index is 2.02. The summed E-state index contributed by atoms with van der Waals surface area (Å²) >= 11 is 0. The number of ether oxygens (including phenoxy) is 2. The summed E-state index contributed by atoms with van der Waals surface area (Å²) in [5.41, 5.74) is 8.60. The van der Waals surface area contributed by atoms with Crippen LogP contribution in [0.5, 0.6) is 5.75 Å². The van der Waals surface area contributed by atoms with Gasteiger partial charge in [-0.15, -0.1) is 0 Å². The van der Waals surface area contributed by atoms with Gasteiger partial charge in [0.25, 0.3) is 0 Å². The molecule has 0 saturated heterocycles. The Morgan fingerprint density at radius 2 is 2.11 bits per heavy atom.